The van der Waals surface area contributed by atoms with E-state index in [1.807, 2.05) is 0 Å². The van der Waals surface area contributed by atoms with Crippen molar-refractivity contribution in [2.45, 2.75) is 13.3 Å². The molecule has 0 bridgehead atoms. The van der Waals surface area contributed by atoms with Crippen LogP contribution in [-0.2, 0) is 0 Å². The molecule has 0 aromatic heterocycles. The van der Waals surface area contributed by atoms with Crippen LogP contribution in [-0.4, -0.2) is 44.2 Å². The molecule has 1 heterocycles. The molecule has 0 fully saturated rings. The van der Waals surface area contributed by atoms with Crippen LogP contribution in [0.1, 0.15) is 13.3 Å². The molecule has 3 heteroatoms. The van der Waals surface area contributed by atoms with E-state index >= 15 is 0 Å². The summed E-state index contributed by atoms with van der Waals surface area (Å²) in [6.45, 7) is 5.48. The van der Waals surface area contributed by atoms with Gasteiger partial charge in [0.1, 0.15) is 0 Å². The van der Waals surface area contributed by atoms with Crippen molar-refractivity contribution >= 4 is 5.96 Å². The minimum atomic E-state index is 0.966. The van der Waals surface area contributed by atoms with E-state index in [-0.39, 0.29) is 0 Å². The van der Waals surface area contributed by atoms with Crippen molar-refractivity contribution < 1.29 is 9.48 Å². The smallest absolute Gasteiger partial charge is 0.226 e. The lowest BCUT2D eigenvalue weighted by Gasteiger charge is -2.27. The molecule has 0 saturated carbocycles. The third kappa shape index (κ3) is 1.93. The van der Waals surface area contributed by atoms with E-state index in [0.29, 0.717) is 0 Å². The van der Waals surface area contributed by atoms with Gasteiger partial charge < -0.3 is 0 Å². The highest BCUT2D eigenvalue weighted by Crippen LogP contribution is 1.98. The zero-order valence-electron chi connectivity index (χ0n) is 7.78. The molecule has 1 rings (SSSR count). The molecule has 11 heavy (non-hydrogen) atoms. The fourth-order valence-electron chi connectivity index (χ4n) is 1.45. The highest BCUT2D eigenvalue weighted by molar-refractivity contribution is 5.66. The van der Waals surface area contributed by atoms with E-state index in [2.05, 4.69) is 31.3 Å². The van der Waals surface area contributed by atoms with E-state index in [9.17, 15) is 0 Å². The van der Waals surface area contributed by atoms with E-state index < -0.39 is 0 Å². The van der Waals surface area contributed by atoms with Crippen molar-refractivity contribution in [1.29, 1.82) is 0 Å². The van der Waals surface area contributed by atoms with Crippen molar-refractivity contribution in [2.75, 3.05) is 33.7 Å². The maximum absolute atomic E-state index is 3.39. The highest BCUT2D eigenvalue weighted by Gasteiger charge is 2.31. The molecule has 0 unspecified atom stereocenters. The molecule has 0 amide bonds. The number of guanidine groups is 1. The van der Waals surface area contributed by atoms with Gasteiger partial charge in [-0.2, -0.15) is 0 Å². The lowest BCUT2D eigenvalue weighted by atomic mass is 10.3. The second kappa shape index (κ2) is 3.22. The van der Waals surface area contributed by atoms with Crippen LogP contribution < -0.4 is 10.3 Å². The van der Waals surface area contributed by atoms with Crippen LogP contribution in [0.5, 0.6) is 0 Å². The summed E-state index contributed by atoms with van der Waals surface area (Å²) in [4.78, 5) is 3.39. The summed E-state index contributed by atoms with van der Waals surface area (Å²) in [6, 6.07) is 0. The van der Waals surface area contributed by atoms with Gasteiger partial charge in [-0.3, -0.25) is 0 Å². The topological polar surface area (TPSA) is 26.0 Å². The molecule has 64 valence electrons. The molecular weight excluding hydrogens is 138 g/mol. The first-order valence-electron chi connectivity index (χ1n) is 4.35. The first kappa shape index (κ1) is 8.53. The van der Waals surface area contributed by atoms with Gasteiger partial charge in [-0.15, -0.1) is 0 Å². The van der Waals surface area contributed by atoms with Crippen molar-refractivity contribution in [3.05, 3.63) is 0 Å². The summed E-state index contributed by atoms with van der Waals surface area (Å²) in [5.41, 5.74) is 0. The van der Waals surface area contributed by atoms with Crippen LogP contribution in [0.25, 0.3) is 0 Å². The van der Waals surface area contributed by atoms with Crippen LogP contribution in [0.2, 0.25) is 0 Å². The van der Waals surface area contributed by atoms with Crippen LogP contribution >= 0.6 is 0 Å². The number of hydrogen-bond acceptors (Lipinski definition) is 1. The Kier molecular flexibility index (Phi) is 2.49. The van der Waals surface area contributed by atoms with Gasteiger partial charge in [0.05, 0.1) is 33.7 Å². The van der Waals surface area contributed by atoms with Gasteiger partial charge in [0.2, 0.25) is 0 Å². The fourth-order valence-corrected chi connectivity index (χ4v) is 1.45. The second-order valence-corrected chi connectivity index (χ2v) is 3.57. The standard InChI is InChI=1S/C8H18N3/c1-4-9-8-10-6-5-7-11(8,2)3/h4-7H2,1-3H3,(H,9,10)/q+1/p+1. The van der Waals surface area contributed by atoms with Gasteiger partial charge in [-0.05, 0) is 6.92 Å². The summed E-state index contributed by atoms with van der Waals surface area (Å²) >= 11 is 0. The maximum Gasteiger partial charge on any atom is 0.441 e. The monoisotopic (exact) mass is 157 g/mol. The summed E-state index contributed by atoms with van der Waals surface area (Å²) in [5.74, 6) is 1.26. The Morgan fingerprint density at radius 3 is 2.82 bits per heavy atom. The molecule has 0 aromatic rings. The zero-order chi connectivity index (χ0) is 8.32. The average molecular weight is 157 g/mol. The predicted molar refractivity (Wildman–Crippen MR) is 46.1 cm³/mol. The molecule has 0 spiro atoms. The van der Waals surface area contributed by atoms with Gasteiger partial charge >= 0.3 is 5.96 Å². The second-order valence-electron chi connectivity index (χ2n) is 3.57. The molecule has 2 N–H and O–H groups in total. The van der Waals surface area contributed by atoms with Gasteiger partial charge in [-0.25, -0.2) is 14.8 Å². The molecular formula is C8H19N3+2. The Balaban J connectivity index is 2.64. The van der Waals surface area contributed by atoms with E-state index in [1.165, 1.54) is 18.9 Å². The maximum atomic E-state index is 3.39. The van der Waals surface area contributed by atoms with Crippen LogP contribution in [0.4, 0.5) is 0 Å². The van der Waals surface area contributed by atoms with Gasteiger partial charge in [0, 0.05) is 6.42 Å². The summed E-state index contributed by atoms with van der Waals surface area (Å²) in [7, 11) is 4.45. The summed E-state index contributed by atoms with van der Waals surface area (Å²) < 4.78 is 0.966. The van der Waals surface area contributed by atoms with E-state index in [1.54, 1.807) is 0 Å². The number of nitrogens with one attached hydrogen (secondary N) is 2. The van der Waals surface area contributed by atoms with Crippen LogP contribution in [0, 0.1) is 0 Å². The van der Waals surface area contributed by atoms with Crippen molar-refractivity contribution in [2.24, 2.45) is 0 Å². The normalized spacial score (nSPS) is 22.6. The number of hydrogen-bond donors (Lipinski definition) is 2. The Morgan fingerprint density at radius 1 is 1.55 bits per heavy atom. The lowest BCUT2D eigenvalue weighted by Crippen LogP contribution is -2.85. The first-order valence-corrected chi connectivity index (χ1v) is 4.35. The number of quaternary nitrogens is 1. The SMILES string of the molecule is CCNC1=[NH+]CCC[N+]1(C)C. The van der Waals surface area contributed by atoms with Crippen molar-refractivity contribution in [1.82, 2.24) is 5.32 Å². The molecule has 1 aliphatic heterocycles. The molecule has 0 atom stereocenters. The van der Waals surface area contributed by atoms with Gasteiger partial charge in [-0.1, -0.05) is 0 Å². The Morgan fingerprint density at radius 2 is 2.27 bits per heavy atom. The molecule has 0 aromatic carbocycles. The fraction of sp³-hybridized carbons (Fsp3) is 0.875. The number of nitrogens with zero attached hydrogens (tertiary/aromatic N) is 1. The molecule has 3 nitrogen and oxygen atoms in total. The predicted octanol–water partition coefficient (Wildman–Crippen LogP) is -1.49. The lowest BCUT2D eigenvalue weighted by molar-refractivity contribution is -0.840. The van der Waals surface area contributed by atoms with Crippen molar-refractivity contribution in [3.8, 4) is 0 Å². The molecule has 0 aliphatic carbocycles. The first-order chi connectivity index (χ1) is 5.17. The minimum absolute atomic E-state index is 0.966. The molecule has 0 saturated heterocycles. The summed E-state index contributed by atoms with van der Waals surface area (Å²) in [5, 5.41) is 3.35. The molecule has 1 aliphatic rings. The van der Waals surface area contributed by atoms with Gasteiger partial charge in [0.15, 0.2) is 0 Å². The zero-order valence-corrected chi connectivity index (χ0v) is 7.78. The minimum Gasteiger partial charge on any atom is -0.226 e. The third-order valence-electron chi connectivity index (χ3n) is 2.14. The van der Waals surface area contributed by atoms with Crippen molar-refractivity contribution in [3.63, 3.8) is 0 Å². The largest absolute Gasteiger partial charge is 0.441 e. The Hall–Kier alpha value is -0.570. The molecule has 0 radical (unpaired) electrons. The number of rotatable bonds is 1. The highest BCUT2D eigenvalue weighted by atomic mass is 15.4. The van der Waals surface area contributed by atoms with E-state index in [0.717, 1.165) is 17.6 Å². The third-order valence-corrected chi connectivity index (χ3v) is 2.14. The van der Waals surface area contributed by atoms with Gasteiger partial charge in [0.25, 0.3) is 0 Å². The van der Waals surface area contributed by atoms with E-state index in [4.69, 9.17) is 0 Å². The summed E-state index contributed by atoms with van der Waals surface area (Å²) in [6.07, 6.45) is 1.27. The quantitative estimate of drug-likeness (QED) is 0.446. The van der Waals surface area contributed by atoms with Crippen LogP contribution in [0.3, 0.4) is 0 Å². The Labute approximate surface area is 68.7 Å². The average Bonchev–Trinajstić information content (AvgIpc) is 1.94. The van der Waals surface area contributed by atoms with Crippen LogP contribution in [0.15, 0.2) is 0 Å². The Bertz CT molecular complexity index is 161.